The van der Waals surface area contributed by atoms with Crippen molar-refractivity contribution in [1.29, 1.82) is 0 Å². The smallest absolute Gasteiger partial charge is 0.356 e. The van der Waals surface area contributed by atoms with Crippen LogP contribution >= 0.6 is 11.6 Å². The summed E-state index contributed by atoms with van der Waals surface area (Å²) in [5.74, 6) is 0.675. The van der Waals surface area contributed by atoms with Crippen molar-refractivity contribution in [1.82, 2.24) is 14.9 Å². The van der Waals surface area contributed by atoms with Crippen LogP contribution in [0.15, 0.2) is 29.3 Å². The SMILES string of the molecule is CN=C(NCCc1ccc(Cl)cc1)NCC1CCN(S(=O)(=O)C(F)(F)F)CC1. The van der Waals surface area contributed by atoms with E-state index >= 15 is 0 Å². The van der Waals surface area contributed by atoms with Crippen LogP contribution in [0.3, 0.4) is 0 Å². The predicted molar refractivity (Wildman–Crippen MR) is 104 cm³/mol. The van der Waals surface area contributed by atoms with Gasteiger partial charge in [-0.15, -0.1) is 0 Å². The Labute approximate surface area is 168 Å². The van der Waals surface area contributed by atoms with Crippen molar-refractivity contribution in [3.63, 3.8) is 0 Å². The molecule has 28 heavy (non-hydrogen) atoms. The highest BCUT2D eigenvalue weighted by Crippen LogP contribution is 2.30. The van der Waals surface area contributed by atoms with E-state index in [1.807, 2.05) is 24.3 Å². The minimum atomic E-state index is -5.24. The lowest BCUT2D eigenvalue weighted by Crippen LogP contribution is -2.47. The van der Waals surface area contributed by atoms with Gasteiger partial charge in [-0.2, -0.15) is 17.5 Å². The normalized spacial score (nSPS) is 17.5. The van der Waals surface area contributed by atoms with Gasteiger partial charge < -0.3 is 10.6 Å². The van der Waals surface area contributed by atoms with Crippen LogP contribution in [0.1, 0.15) is 18.4 Å². The fourth-order valence-electron chi connectivity index (χ4n) is 2.94. The molecule has 1 saturated heterocycles. The molecule has 0 bridgehead atoms. The second-order valence-corrected chi connectivity index (χ2v) is 8.92. The molecule has 1 fully saturated rings. The van der Waals surface area contributed by atoms with Crippen LogP contribution in [-0.2, 0) is 16.4 Å². The summed E-state index contributed by atoms with van der Waals surface area (Å²) in [5.41, 5.74) is -4.11. The molecule has 0 atom stereocenters. The zero-order valence-electron chi connectivity index (χ0n) is 15.5. The predicted octanol–water partition coefficient (Wildman–Crippen LogP) is 2.61. The van der Waals surface area contributed by atoms with Crippen LogP contribution in [0.25, 0.3) is 0 Å². The second-order valence-electron chi connectivity index (χ2n) is 6.55. The fourth-order valence-corrected chi connectivity index (χ4v) is 4.05. The number of hydrogen-bond donors (Lipinski definition) is 2. The molecule has 0 saturated carbocycles. The number of aliphatic imine (C=N–C) groups is 1. The summed E-state index contributed by atoms with van der Waals surface area (Å²) in [7, 11) is -3.60. The van der Waals surface area contributed by atoms with Gasteiger partial charge in [-0.25, -0.2) is 8.42 Å². The summed E-state index contributed by atoms with van der Waals surface area (Å²) < 4.78 is 61.2. The number of nitrogens with zero attached hydrogens (tertiary/aromatic N) is 2. The van der Waals surface area contributed by atoms with Gasteiger partial charge in [-0.05, 0) is 42.9 Å². The molecule has 2 rings (SSSR count). The minimum Gasteiger partial charge on any atom is -0.356 e. The molecule has 0 amide bonds. The van der Waals surface area contributed by atoms with Crippen LogP contribution in [-0.4, -0.2) is 57.4 Å². The third-order valence-corrected chi connectivity index (χ3v) is 6.49. The maximum atomic E-state index is 12.6. The van der Waals surface area contributed by atoms with Crippen LogP contribution < -0.4 is 10.6 Å². The van der Waals surface area contributed by atoms with E-state index < -0.39 is 15.5 Å². The number of sulfonamides is 1. The third kappa shape index (κ3) is 6.25. The molecule has 1 aromatic carbocycles. The fraction of sp³-hybridized carbons (Fsp3) is 0.588. The van der Waals surface area contributed by atoms with Gasteiger partial charge in [0.25, 0.3) is 0 Å². The monoisotopic (exact) mass is 440 g/mol. The zero-order valence-corrected chi connectivity index (χ0v) is 17.0. The van der Waals surface area contributed by atoms with Crippen molar-refractivity contribution in [2.45, 2.75) is 24.8 Å². The van der Waals surface area contributed by atoms with E-state index in [9.17, 15) is 21.6 Å². The van der Waals surface area contributed by atoms with Gasteiger partial charge in [0.2, 0.25) is 0 Å². The Morgan fingerprint density at radius 2 is 1.82 bits per heavy atom. The minimum absolute atomic E-state index is 0.0782. The highest BCUT2D eigenvalue weighted by molar-refractivity contribution is 7.90. The first-order chi connectivity index (χ1) is 13.1. The maximum absolute atomic E-state index is 12.6. The molecule has 0 spiro atoms. The van der Waals surface area contributed by atoms with E-state index in [-0.39, 0.29) is 19.0 Å². The average molecular weight is 441 g/mol. The lowest BCUT2D eigenvalue weighted by Gasteiger charge is -2.31. The molecule has 0 aromatic heterocycles. The summed E-state index contributed by atoms with van der Waals surface area (Å²) in [4.78, 5) is 4.12. The molecule has 1 aromatic rings. The number of piperidine rings is 1. The Morgan fingerprint density at radius 1 is 1.21 bits per heavy atom. The van der Waals surface area contributed by atoms with Crippen LogP contribution in [0.4, 0.5) is 13.2 Å². The van der Waals surface area contributed by atoms with E-state index in [1.165, 1.54) is 0 Å². The van der Waals surface area contributed by atoms with Gasteiger partial charge in [-0.1, -0.05) is 23.7 Å². The molecule has 2 N–H and O–H groups in total. The Morgan fingerprint density at radius 3 is 2.36 bits per heavy atom. The van der Waals surface area contributed by atoms with Gasteiger partial charge in [0.15, 0.2) is 5.96 Å². The Bertz CT molecular complexity index is 762. The number of rotatable bonds is 6. The lowest BCUT2D eigenvalue weighted by atomic mass is 9.98. The number of benzene rings is 1. The number of halogens is 4. The molecule has 1 aliphatic heterocycles. The molecule has 158 valence electrons. The van der Waals surface area contributed by atoms with Crippen LogP contribution in [0, 0.1) is 5.92 Å². The first-order valence-corrected chi connectivity index (χ1v) is 10.7. The molecule has 0 aliphatic carbocycles. The van der Waals surface area contributed by atoms with Gasteiger partial charge in [0.1, 0.15) is 0 Å². The first kappa shape index (κ1) is 22.8. The van der Waals surface area contributed by atoms with Crippen molar-refractivity contribution >= 4 is 27.6 Å². The highest BCUT2D eigenvalue weighted by atomic mass is 35.5. The molecular formula is C17H24ClF3N4O2S. The van der Waals surface area contributed by atoms with Crippen molar-refractivity contribution in [3.8, 4) is 0 Å². The van der Waals surface area contributed by atoms with E-state index in [0.29, 0.717) is 41.2 Å². The molecule has 0 unspecified atom stereocenters. The lowest BCUT2D eigenvalue weighted by molar-refractivity contribution is -0.0496. The maximum Gasteiger partial charge on any atom is 0.511 e. The Hall–Kier alpha value is -1.52. The summed E-state index contributed by atoms with van der Waals surface area (Å²) >= 11 is 5.85. The van der Waals surface area contributed by atoms with Crippen molar-refractivity contribution in [3.05, 3.63) is 34.9 Å². The second kappa shape index (κ2) is 9.80. The van der Waals surface area contributed by atoms with E-state index in [4.69, 9.17) is 11.6 Å². The summed E-state index contributed by atoms with van der Waals surface area (Å²) in [5, 5.41) is 7.01. The molecule has 0 radical (unpaired) electrons. The summed E-state index contributed by atoms with van der Waals surface area (Å²) in [6, 6.07) is 7.55. The largest absolute Gasteiger partial charge is 0.511 e. The van der Waals surface area contributed by atoms with Crippen molar-refractivity contribution < 1.29 is 21.6 Å². The average Bonchev–Trinajstić information content (AvgIpc) is 2.65. The van der Waals surface area contributed by atoms with Gasteiger partial charge in [0, 0.05) is 38.2 Å². The number of nitrogens with one attached hydrogen (secondary N) is 2. The molecule has 1 heterocycles. The van der Waals surface area contributed by atoms with Gasteiger partial charge in [-0.3, -0.25) is 4.99 Å². The Balaban J connectivity index is 1.72. The molecule has 11 heteroatoms. The number of guanidine groups is 1. The van der Waals surface area contributed by atoms with Crippen LogP contribution in [0.2, 0.25) is 5.02 Å². The number of hydrogen-bond acceptors (Lipinski definition) is 3. The highest BCUT2D eigenvalue weighted by Gasteiger charge is 2.50. The Kier molecular flexibility index (Phi) is 7.97. The van der Waals surface area contributed by atoms with E-state index in [1.54, 1.807) is 7.05 Å². The van der Waals surface area contributed by atoms with Crippen molar-refractivity contribution in [2.24, 2.45) is 10.9 Å². The zero-order chi connectivity index (χ0) is 20.8. The third-order valence-electron chi connectivity index (χ3n) is 4.61. The standard InChI is InChI=1S/C17H24ClF3N4O2S/c1-22-16(23-9-6-13-2-4-15(18)5-3-13)24-12-14-7-10-25(11-8-14)28(26,27)17(19,20)21/h2-5,14H,6-12H2,1H3,(H2,22,23,24). The van der Waals surface area contributed by atoms with E-state index in [0.717, 1.165) is 12.0 Å². The molecular weight excluding hydrogens is 417 g/mol. The van der Waals surface area contributed by atoms with Gasteiger partial charge in [0.05, 0.1) is 0 Å². The van der Waals surface area contributed by atoms with Crippen LogP contribution in [0.5, 0.6) is 0 Å². The summed E-state index contributed by atoms with van der Waals surface area (Å²) in [6.45, 7) is 0.914. The first-order valence-electron chi connectivity index (χ1n) is 8.89. The molecule has 6 nitrogen and oxygen atoms in total. The quantitative estimate of drug-likeness (QED) is 0.527. The molecule has 1 aliphatic rings. The summed E-state index contributed by atoms with van der Waals surface area (Å²) in [6.07, 6.45) is 1.51. The van der Waals surface area contributed by atoms with E-state index in [2.05, 4.69) is 15.6 Å². The van der Waals surface area contributed by atoms with Crippen molar-refractivity contribution in [2.75, 3.05) is 33.2 Å². The van der Waals surface area contributed by atoms with Gasteiger partial charge >= 0.3 is 15.5 Å². The topological polar surface area (TPSA) is 73.8 Å². The number of alkyl halides is 3.